The maximum atomic E-state index is 12.4. The normalized spacial score (nSPS) is 23.7. The van der Waals surface area contributed by atoms with Gasteiger partial charge in [-0.2, -0.15) is 0 Å². The van der Waals surface area contributed by atoms with Crippen molar-refractivity contribution in [2.24, 2.45) is 5.92 Å². The van der Waals surface area contributed by atoms with E-state index in [1.54, 1.807) is 0 Å². The summed E-state index contributed by atoms with van der Waals surface area (Å²) < 4.78 is 0. The van der Waals surface area contributed by atoms with Gasteiger partial charge in [0.25, 0.3) is 0 Å². The fourth-order valence-electron chi connectivity index (χ4n) is 4.07. The number of hydrogen-bond acceptors (Lipinski definition) is 4. The van der Waals surface area contributed by atoms with Crippen LogP contribution in [-0.2, 0) is 9.59 Å². The standard InChI is InChI=1S/C18H32N4O2/c23-17(4-3-16-5-7-19-8-6-16)22-13-11-20(12-14-22)15-18(24)21-9-1-2-10-21/h16,19H,1-15H2. The van der Waals surface area contributed by atoms with Crippen LogP contribution in [0, 0.1) is 5.92 Å². The molecule has 3 saturated heterocycles. The molecular formula is C18H32N4O2. The Morgan fingerprint density at radius 2 is 1.46 bits per heavy atom. The van der Waals surface area contributed by atoms with E-state index in [1.807, 2.05) is 9.80 Å². The van der Waals surface area contributed by atoms with Crippen LogP contribution in [0.3, 0.4) is 0 Å². The minimum Gasteiger partial charge on any atom is -0.342 e. The van der Waals surface area contributed by atoms with Gasteiger partial charge in [-0.15, -0.1) is 0 Å². The molecule has 1 N–H and O–H groups in total. The van der Waals surface area contributed by atoms with Crippen LogP contribution in [-0.4, -0.2) is 85.4 Å². The summed E-state index contributed by atoms with van der Waals surface area (Å²) in [5, 5.41) is 3.37. The van der Waals surface area contributed by atoms with Gasteiger partial charge in [-0.1, -0.05) is 0 Å². The number of carbonyl (C=O) groups excluding carboxylic acids is 2. The fourth-order valence-corrected chi connectivity index (χ4v) is 4.07. The maximum Gasteiger partial charge on any atom is 0.236 e. The zero-order valence-corrected chi connectivity index (χ0v) is 14.8. The molecule has 0 saturated carbocycles. The van der Waals surface area contributed by atoms with Crippen molar-refractivity contribution in [2.45, 2.75) is 38.5 Å². The summed E-state index contributed by atoms with van der Waals surface area (Å²) in [4.78, 5) is 30.8. The SMILES string of the molecule is O=C(CCC1CCNCC1)N1CCN(CC(=O)N2CCCC2)CC1. The second-order valence-corrected chi connectivity index (χ2v) is 7.48. The minimum absolute atomic E-state index is 0.262. The Morgan fingerprint density at radius 3 is 2.12 bits per heavy atom. The number of amides is 2. The molecule has 0 unspecified atom stereocenters. The zero-order chi connectivity index (χ0) is 16.8. The Balaban J connectivity index is 1.33. The van der Waals surface area contributed by atoms with E-state index < -0.39 is 0 Å². The molecule has 0 atom stereocenters. The predicted octanol–water partition coefficient (Wildman–Crippen LogP) is 0.533. The zero-order valence-electron chi connectivity index (χ0n) is 14.8. The molecule has 0 bridgehead atoms. The number of hydrogen-bond donors (Lipinski definition) is 1. The van der Waals surface area contributed by atoms with Gasteiger partial charge in [-0.3, -0.25) is 14.5 Å². The van der Waals surface area contributed by atoms with Crippen LogP contribution in [0.1, 0.15) is 38.5 Å². The quantitative estimate of drug-likeness (QED) is 0.796. The number of piperidine rings is 1. The van der Waals surface area contributed by atoms with E-state index in [-0.39, 0.29) is 5.91 Å². The second-order valence-electron chi connectivity index (χ2n) is 7.48. The molecule has 0 aromatic heterocycles. The largest absolute Gasteiger partial charge is 0.342 e. The molecule has 0 radical (unpaired) electrons. The molecule has 6 nitrogen and oxygen atoms in total. The number of piperazine rings is 1. The number of nitrogens with zero attached hydrogens (tertiary/aromatic N) is 3. The molecule has 0 aromatic carbocycles. The summed E-state index contributed by atoms with van der Waals surface area (Å²) in [7, 11) is 0. The molecule has 6 heteroatoms. The second kappa shape index (κ2) is 8.81. The first-order valence-electron chi connectivity index (χ1n) is 9.71. The molecule has 0 aliphatic carbocycles. The lowest BCUT2D eigenvalue weighted by Crippen LogP contribution is -2.51. The Morgan fingerprint density at radius 1 is 0.833 bits per heavy atom. The van der Waals surface area contributed by atoms with Gasteiger partial charge in [0.05, 0.1) is 6.54 Å². The predicted molar refractivity (Wildman–Crippen MR) is 93.7 cm³/mol. The van der Waals surface area contributed by atoms with Crippen molar-refractivity contribution in [1.29, 1.82) is 0 Å². The molecule has 3 aliphatic heterocycles. The number of carbonyl (C=O) groups is 2. The first-order chi connectivity index (χ1) is 11.7. The van der Waals surface area contributed by atoms with Gasteiger partial charge < -0.3 is 15.1 Å². The van der Waals surface area contributed by atoms with Crippen LogP contribution in [0.5, 0.6) is 0 Å². The van der Waals surface area contributed by atoms with Crippen LogP contribution in [0.15, 0.2) is 0 Å². The molecule has 3 heterocycles. The highest BCUT2D eigenvalue weighted by Crippen LogP contribution is 2.18. The third-order valence-electron chi connectivity index (χ3n) is 5.77. The summed E-state index contributed by atoms with van der Waals surface area (Å²) in [5.74, 6) is 1.28. The van der Waals surface area contributed by atoms with Gasteiger partial charge in [-0.05, 0) is 51.1 Å². The summed E-state index contributed by atoms with van der Waals surface area (Å²) in [6.07, 6.45) is 6.43. The Bertz CT molecular complexity index is 423. The van der Waals surface area contributed by atoms with Gasteiger partial charge in [0.1, 0.15) is 0 Å². The van der Waals surface area contributed by atoms with E-state index in [4.69, 9.17) is 0 Å². The van der Waals surface area contributed by atoms with E-state index in [1.165, 1.54) is 12.8 Å². The van der Waals surface area contributed by atoms with E-state index >= 15 is 0 Å². The Hall–Kier alpha value is -1.14. The minimum atomic E-state index is 0.262. The van der Waals surface area contributed by atoms with E-state index in [0.717, 1.165) is 77.5 Å². The molecule has 0 aromatic rings. The van der Waals surface area contributed by atoms with Gasteiger partial charge in [0.15, 0.2) is 0 Å². The summed E-state index contributed by atoms with van der Waals surface area (Å²) in [6, 6.07) is 0. The lowest BCUT2D eigenvalue weighted by atomic mass is 9.93. The Labute approximate surface area is 145 Å². The molecule has 3 rings (SSSR count). The summed E-state index contributed by atoms with van der Waals surface area (Å²) in [5.41, 5.74) is 0. The monoisotopic (exact) mass is 336 g/mol. The van der Waals surface area contributed by atoms with Crippen LogP contribution >= 0.6 is 0 Å². The van der Waals surface area contributed by atoms with Gasteiger partial charge >= 0.3 is 0 Å². The van der Waals surface area contributed by atoms with Crippen LogP contribution in [0.4, 0.5) is 0 Å². The fraction of sp³-hybridized carbons (Fsp3) is 0.889. The van der Waals surface area contributed by atoms with Crippen LogP contribution < -0.4 is 5.32 Å². The van der Waals surface area contributed by atoms with Gasteiger partial charge in [0, 0.05) is 45.7 Å². The third kappa shape index (κ3) is 4.93. The first kappa shape index (κ1) is 17.7. The van der Waals surface area contributed by atoms with Crippen molar-refractivity contribution in [3.63, 3.8) is 0 Å². The van der Waals surface area contributed by atoms with Crippen LogP contribution in [0.25, 0.3) is 0 Å². The highest BCUT2D eigenvalue weighted by molar-refractivity contribution is 5.78. The average Bonchev–Trinajstić information content (AvgIpc) is 3.16. The molecule has 3 fully saturated rings. The Kier molecular flexibility index (Phi) is 6.49. The van der Waals surface area contributed by atoms with E-state index in [9.17, 15) is 9.59 Å². The first-order valence-corrected chi connectivity index (χ1v) is 9.71. The van der Waals surface area contributed by atoms with Crippen molar-refractivity contribution in [3.05, 3.63) is 0 Å². The van der Waals surface area contributed by atoms with Crippen molar-refractivity contribution >= 4 is 11.8 Å². The van der Waals surface area contributed by atoms with Crippen molar-refractivity contribution in [1.82, 2.24) is 20.0 Å². The highest BCUT2D eigenvalue weighted by Gasteiger charge is 2.25. The lowest BCUT2D eigenvalue weighted by Gasteiger charge is -2.35. The number of rotatable bonds is 5. The van der Waals surface area contributed by atoms with Crippen molar-refractivity contribution in [3.8, 4) is 0 Å². The molecular weight excluding hydrogens is 304 g/mol. The molecule has 24 heavy (non-hydrogen) atoms. The maximum absolute atomic E-state index is 12.4. The third-order valence-corrected chi connectivity index (χ3v) is 5.77. The average molecular weight is 336 g/mol. The smallest absolute Gasteiger partial charge is 0.236 e. The van der Waals surface area contributed by atoms with E-state index in [2.05, 4.69) is 10.2 Å². The molecule has 136 valence electrons. The van der Waals surface area contributed by atoms with Gasteiger partial charge in [0.2, 0.25) is 11.8 Å². The van der Waals surface area contributed by atoms with Crippen molar-refractivity contribution < 1.29 is 9.59 Å². The highest BCUT2D eigenvalue weighted by atomic mass is 16.2. The van der Waals surface area contributed by atoms with Crippen LogP contribution in [0.2, 0.25) is 0 Å². The number of likely N-dealkylation sites (tertiary alicyclic amines) is 1. The lowest BCUT2D eigenvalue weighted by molar-refractivity contribution is -0.135. The van der Waals surface area contributed by atoms with Gasteiger partial charge in [-0.25, -0.2) is 0 Å². The molecule has 2 amide bonds. The number of nitrogens with one attached hydrogen (secondary N) is 1. The summed E-state index contributed by atoms with van der Waals surface area (Å²) >= 11 is 0. The van der Waals surface area contributed by atoms with Crippen molar-refractivity contribution in [2.75, 3.05) is 58.9 Å². The molecule has 3 aliphatic rings. The topological polar surface area (TPSA) is 55.9 Å². The summed E-state index contributed by atoms with van der Waals surface area (Å²) in [6.45, 7) is 7.79. The molecule has 0 spiro atoms. The van der Waals surface area contributed by atoms with E-state index in [0.29, 0.717) is 18.9 Å².